The van der Waals surface area contributed by atoms with Gasteiger partial charge in [-0.15, -0.1) is 0 Å². The maximum atomic E-state index is 5.98. The molecular formula is C11H17ClN6O2. The quantitative estimate of drug-likeness (QED) is 0.837. The highest BCUT2D eigenvalue weighted by Gasteiger charge is 2.17. The third kappa shape index (κ3) is 3.45. The van der Waals surface area contributed by atoms with Gasteiger partial charge < -0.3 is 14.4 Å². The lowest BCUT2D eigenvalue weighted by Gasteiger charge is -2.29. The average molecular weight is 301 g/mol. The van der Waals surface area contributed by atoms with Crippen LogP contribution in [0.1, 0.15) is 0 Å². The summed E-state index contributed by atoms with van der Waals surface area (Å²) >= 11 is 5.98. The minimum Gasteiger partial charge on any atom is -0.379 e. The normalized spacial score (nSPS) is 20.9. The van der Waals surface area contributed by atoms with E-state index in [-0.39, 0.29) is 5.28 Å². The molecule has 20 heavy (non-hydrogen) atoms. The molecule has 0 atom stereocenters. The molecule has 2 aliphatic rings. The van der Waals surface area contributed by atoms with Crippen molar-refractivity contribution in [2.24, 2.45) is 0 Å². The van der Waals surface area contributed by atoms with Gasteiger partial charge in [-0.05, 0) is 11.6 Å². The first-order valence-electron chi connectivity index (χ1n) is 6.65. The highest BCUT2D eigenvalue weighted by atomic mass is 35.5. The Kier molecular flexibility index (Phi) is 4.46. The largest absolute Gasteiger partial charge is 0.379 e. The molecule has 0 saturated carbocycles. The standard InChI is InChI=1S/C11H17ClN6O2/c12-9-13-10(16-18-3-7-20-8-4-18)15-11(14-9)17-1-5-19-6-2-17/h1-8H2,(H,13,14,15,16). The minimum absolute atomic E-state index is 0.192. The molecule has 0 spiro atoms. The second-order valence-corrected chi connectivity index (χ2v) is 4.88. The van der Waals surface area contributed by atoms with Crippen LogP contribution in [0.5, 0.6) is 0 Å². The zero-order chi connectivity index (χ0) is 13.8. The Bertz CT molecular complexity index is 451. The number of aromatic nitrogens is 3. The summed E-state index contributed by atoms with van der Waals surface area (Å²) in [4.78, 5) is 14.8. The highest BCUT2D eigenvalue weighted by molar-refractivity contribution is 6.28. The van der Waals surface area contributed by atoms with Gasteiger partial charge in [0.15, 0.2) is 0 Å². The third-order valence-electron chi connectivity index (χ3n) is 3.16. The predicted octanol–water partition coefficient (Wildman–Crippen LogP) is 0.0207. The van der Waals surface area contributed by atoms with Gasteiger partial charge in [-0.25, -0.2) is 5.01 Å². The fourth-order valence-corrected chi connectivity index (χ4v) is 2.27. The smallest absolute Gasteiger partial charge is 0.243 e. The van der Waals surface area contributed by atoms with Crippen molar-refractivity contribution in [2.45, 2.75) is 0 Å². The van der Waals surface area contributed by atoms with Gasteiger partial charge >= 0.3 is 0 Å². The zero-order valence-corrected chi connectivity index (χ0v) is 11.8. The van der Waals surface area contributed by atoms with E-state index in [1.807, 2.05) is 9.91 Å². The molecule has 1 aromatic rings. The van der Waals surface area contributed by atoms with E-state index in [2.05, 4.69) is 20.4 Å². The van der Waals surface area contributed by atoms with Crippen LogP contribution >= 0.6 is 11.6 Å². The van der Waals surface area contributed by atoms with E-state index in [9.17, 15) is 0 Å². The lowest BCUT2D eigenvalue weighted by molar-refractivity contribution is 0.0492. The molecular weight excluding hydrogens is 284 g/mol. The summed E-state index contributed by atoms with van der Waals surface area (Å²) in [7, 11) is 0. The lowest BCUT2D eigenvalue weighted by Crippen LogP contribution is -2.41. The summed E-state index contributed by atoms with van der Waals surface area (Å²) in [6.07, 6.45) is 0. The summed E-state index contributed by atoms with van der Waals surface area (Å²) in [5.41, 5.74) is 3.15. The monoisotopic (exact) mass is 300 g/mol. The summed E-state index contributed by atoms with van der Waals surface area (Å²) in [6.45, 7) is 5.84. The summed E-state index contributed by atoms with van der Waals surface area (Å²) in [6, 6.07) is 0. The Morgan fingerprint density at radius 1 is 0.900 bits per heavy atom. The molecule has 3 heterocycles. The van der Waals surface area contributed by atoms with E-state index < -0.39 is 0 Å². The van der Waals surface area contributed by atoms with E-state index >= 15 is 0 Å². The molecule has 8 nitrogen and oxygen atoms in total. The van der Waals surface area contributed by atoms with Crippen molar-refractivity contribution in [3.8, 4) is 0 Å². The van der Waals surface area contributed by atoms with Crippen LogP contribution in [0.15, 0.2) is 0 Å². The maximum Gasteiger partial charge on any atom is 0.243 e. The summed E-state index contributed by atoms with van der Waals surface area (Å²) in [5.74, 6) is 1.05. The Morgan fingerprint density at radius 2 is 1.55 bits per heavy atom. The van der Waals surface area contributed by atoms with Crippen LogP contribution in [0.2, 0.25) is 5.28 Å². The van der Waals surface area contributed by atoms with Crippen molar-refractivity contribution in [3.63, 3.8) is 0 Å². The molecule has 1 aromatic heterocycles. The molecule has 2 aliphatic heterocycles. The molecule has 0 aliphatic carbocycles. The molecule has 0 bridgehead atoms. The Morgan fingerprint density at radius 3 is 2.25 bits per heavy atom. The van der Waals surface area contributed by atoms with Crippen molar-refractivity contribution >= 4 is 23.5 Å². The van der Waals surface area contributed by atoms with Gasteiger partial charge in [-0.2, -0.15) is 15.0 Å². The van der Waals surface area contributed by atoms with Crippen LogP contribution in [0.25, 0.3) is 0 Å². The van der Waals surface area contributed by atoms with Crippen molar-refractivity contribution in [3.05, 3.63) is 5.28 Å². The van der Waals surface area contributed by atoms with Gasteiger partial charge in [0.2, 0.25) is 17.2 Å². The number of nitrogens with zero attached hydrogens (tertiary/aromatic N) is 5. The van der Waals surface area contributed by atoms with Gasteiger partial charge in [0.05, 0.1) is 26.4 Å². The van der Waals surface area contributed by atoms with Gasteiger partial charge in [0.25, 0.3) is 0 Å². The highest BCUT2D eigenvalue weighted by Crippen LogP contribution is 2.15. The topological polar surface area (TPSA) is 75.6 Å². The molecule has 9 heteroatoms. The molecule has 0 radical (unpaired) electrons. The first kappa shape index (κ1) is 13.7. The van der Waals surface area contributed by atoms with E-state index in [1.54, 1.807) is 0 Å². The summed E-state index contributed by atoms with van der Waals surface area (Å²) in [5, 5.41) is 2.20. The number of rotatable bonds is 3. The van der Waals surface area contributed by atoms with Gasteiger partial charge in [0.1, 0.15) is 0 Å². The lowest BCUT2D eigenvalue weighted by atomic mass is 10.4. The van der Waals surface area contributed by atoms with Crippen LogP contribution < -0.4 is 10.3 Å². The minimum atomic E-state index is 0.192. The van der Waals surface area contributed by atoms with E-state index in [1.165, 1.54) is 0 Å². The zero-order valence-electron chi connectivity index (χ0n) is 11.1. The number of morpholine rings is 2. The van der Waals surface area contributed by atoms with Crippen molar-refractivity contribution in [1.82, 2.24) is 20.0 Å². The molecule has 1 N–H and O–H groups in total. The summed E-state index contributed by atoms with van der Waals surface area (Å²) < 4.78 is 10.6. The Hall–Kier alpha value is -1.22. The van der Waals surface area contributed by atoms with Gasteiger partial charge in [-0.1, -0.05) is 0 Å². The maximum absolute atomic E-state index is 5.98. The second kappa shape index (κ2) is 6.49. The first-order valence-corrected chi connectivity index (χ1v) is 7.03. The molecule has 0 amide bonds. The molecule has 2 saturated heterocycles. The van der Waals surface area contributed by atoms with Crippen LogP contribution in [-0.4, -0.2) is 72.6 Å². The molecule has 110 valence electrons. The Labute approximate surface area is 122 Å². The number of halogens is 1. The van der Waals surface area contributed by atoms with Gasteiger partial charge in [0, 0.05) is 26.2 Å². The molecule has 0 unspecified atom stereocenters. The van der Waals surface area contributed by atoms with Gasteiger partial charge in [-0.3, -0.25) is 5.43 Å². The van der Waals surface area contributed by atoms with E-state index in [0.29, 0.717) is 38.3 Å². The number of anilines is 2. The van der Waals surface area contributed by atoms with Crippen molar-refractivity contribution in [2.75, 3.05) is 62.9 Å². The molecule has 3 rings (SSSR count). The number of nitrogens with one attached hydrogen (secondary N) is 1. The van der Waals surface area contributed by atoms with Crippen molar-refractivity contribution in [1.29, 1.82) is 0 Å². The SMILES string of the molecule is Clc1nc(NN2CCOCC2)nc(N2CCOCC2)n1. The van der Waals surface area contributed by atoms with Crippen LogP contribution in [0.3, 0.4) is 0 Å². The fourth-order valence-electron chi connectivity index (χ4n) is 2.11. The molecule has 2 fully saturated rings. The number of hydrogen-bond acceptors (Lipinski definition) is 8. The number of ether oxygens (including phenoxy) is 2. The van der Waals surface area contributed by atoms with E-state index in [0.717, 1.165) is 26.2 Å². The van der Waals surface area contributed by atoms with Crippen LogP contribution in [-0.2, 0) is 9.47 Å². The third-order valence-corrected chi connectivity index (χ3v) is 3.33. The van der Waals surface area contributed by atoms with Crippen LogP contribution in [0, 0.1) is 0 Å². The Balaban J connectivity index is 1.71. The fraction of sp³-hybridized carbons (Fsp3) is 0.727. The van der Waals surface area contributed by atoms with Crippen LogP contribution in [0.4, 0.5) is 11.9 Å². The van der Waals surface area contributed by atoms with E-state index in [4.69, 9.17) is 21.1 Å². The molecule has 0 aromatic carbocycles. The number of hydrazine groups is 1. The average Bonchev–Trinajstić information content (AvgIpc) is 2.49. The van der Waals surface area contributed by atoms with Crippen molar-refractivity contribution < 1.29 is 9.47 Å². The second-order valence-electron chi connectivity index (χ2n) is 4.54. The first-order chi connectivity index (χ1) is 9.81. The predicted molar refractivity (Wildman–Crippen MR) is 73.9 cm³/mol. The number of hydrogen-bond donors (Lipinski definition) is 1.